The number of likely N-dealkylation sites (tertiary alicyclic amines) is 1. The van der Waals surface area contributed by atoms with Gasteiger partial charge in [-0.05, 0) is 50.7 Å². The van der Waals surface area contributed by atoms with Crippen molar-refractivity contribution in [1.82, 2.24) is 20.5 Å². The Morgan fingerprint density at radius 1 is 1.16 bits per heavy atom. The van der Waals surface area contributed by atoms with Gasteiger partial charge in [-0.2, -0.15) is 0 Å². The summed E-state index contributed by atoms with van der Waals surface area (Å²) in [6, 6.07) is 6.38. The summed E-state index contributed by atoms with van der Waals surface area (Å²) in [7, 11) is 0. The highest BCUT2D eigenvalue weighted by molar-refractivity contribution is 7.13. The normalized spacial score (nSPS) is 19.4. The van der Waals surface area contributed by atoms with Crippen molar-refractivity contribution in [2.75, 3.05) is 6.54 Å². The molecular formula is C27H38N4O5S. The van der Waals surface area contributed by atoms with Crippen LogP contribution in [0.4, 0.5) is 4.79 Å². The maximum atomic E-state index is 13.2. The van der Waals surface area contributed by atoms with E-state index in [1.165, 1.54) is 0 Å². The molecule has 202 valence electrons. The number of hydrogen-bond acceptors (Lipinski definition) is 8. The number of alkyl carbamates (subject to hydrolysis) is 1. The molecule has 37 heavy (non-hydrogen) atoms. The Hall–Kier alpha value is -2.82. The Kier molecular flexibility index (Phi) is 8.77. The molecule has 0 radical (unpaired) electrons. The van der Waals surface area contributed by atoms with E-state index in [0.29, 0.717) is 13.1 Å². The van der Waals surface area contributed by atoms with E-state index in [2.05, 4.69) is 15.6 Å². The van der Waals surface area contributed by atoms with E-state index in [4.69, 9.17) is 4.74 Å². The summed E-state index contributed by atoms with van der Waals surface area (Å²) >= 11 is 1.59. The van der Waals surface area contributed by atoms with Gasteiger partial charge in [0.05, 0.1) is 28.2 Å². The molecule has 1 aliphatic rings. The van der Waals surface area contributed by atoms with E-state index < -0.39 is 47.1 Å². The number of nitrogens with zero attached hydrogens (tertiary/aromatic N) is 2. The summed E-state index contributed by atoms with van der Waals surface area (Å²) in [5.74, 6) is -1.12. The Balaban J connectivity index is 1.67. The lowest BCUT2D eigenvalue weighted by Gasteiger charge is -2.32. The first-order chi connectivity index (χ1) is 17.1. The Morgan fingerprint density at radius 3 is 2.35 bits per heavy atom. The lowest BCUT2D eigenvalue weighted by atomic mass is 9.86. The summed E-state index contributed by atoms with van der Waals surface area (Å²) in [5, 5.41) is 15.4. The number of rotatable bonds is 6. The van der Waals surface area contributed by atoms with Gasteiger partial charge < -0.3 is 15.2 Å². The zero-order chi connectivity index (χ0) is 27.5. The highest BCUT2D eigenvalue weighted by Crippen LogP contribution is 2.28. The first-order valence-corrected chi connectivity index (χ1v) is 13.3. The first-order valence-electron chi connectivity index (χ1n) is 12.4. The molecule has 3 amide bonds. The van der Waals surface area contributed by atoms with Gasteiger partial charge in [0.15, 0.2) is 0 Å². The van der Waals surface area contributed by atoms with E-state index in [9.17, 15) is 19.5 Å². The molecule has 10 heteroatoms. The smallest absolute Gasteiger partial charge is 0.408 e. The number of benzene rings is 1. The number of carbonyl (C=O) groups is 3. The molecule has 2 heterocycles. The molecule has 1 aromatic carbocycles. The van der Waals surface area contributed by atoms with E-state index in [-0.39, 0.29) is 6.42 Å². The molecule has 1 saturated heterocycles. The number of hydrogen-bond donors (Lipinski definition) is 3. The van der Waals surface area contributed by atoms with Gasteiger partial charge in [-0.1, -0.05) is 45.0 Å². The van der Waals surface area contributed by atoms with Crippen LogP contribution < -0.4 is 10.6 Å². The molecule has 0 saturated carbocycles. The van der Waals surface area contributed by atoms with Gasteiger partial charge in [-0.15, -0.1) is 11.3 Å². The number of β-amino-alcohol motifs (C(OH)–C–C–N with tert-alkyl or cyclic N) is 1. The maximum Gasteiger partial charge on any atom is 0.408 e. The summed E-state index contributed by atoms with van der Waals surface area (Å²) in [5.41, 5.74) is 3.48. The first kappa shape index (κ1) is 28.7. The number of aromatic nitrogens is 1. The predicted octanol–water partition coefficient (Wildman–Crippen LogP) is 3.64. The fourth-order valence-electron chi connectivity index (χ4n) is 4.28. The van der Waals surface area contributed by atoms with Gasteiger partial charge in [0.1, 0.15) is 11.6 Å². The van der Waals surface area contributed by atoms with E-state index in [1.54, 1.807) is 52.9 Å². The molecule has 1 aromatic heterocycles. The van der Waals surface area contributed by atoms with Crippen molar-refractivity contribution in [1.29, 1.82) is 0 Å². The van der Waals surface area contributed by atoms with Crippen molar-refractivity contribution in [2.45, 2.75) is 85.2 Å². The topological polar surface area (TPSA) is 121 Å². The van der Waals surface area contributed by atoms with Crippen LogP contribution in [0.15, 0.2) is 29.8 Å². The number of aliphatic hydroxyl groups excluding tert-OH is 1. The molecule has 3 N–H and O–H groups in total. The average Bonchev–Trinajstić information content (AvgIpc) is 3.35. The molecule has 3 unspecified atom stereocenters. The van der Waals surface area contributed by atoms with Crippen LogP contribution in [0.1, 0.15) is 59.2 Å². The van der Waals surface area contributed by atoms with Crippen LogP contribution in [-0.4, -0.2) is 63.2 Å². The summed E-state index contributed by atoms with van der Waals surface area (Å²) in [4.78, 5) is 45.9. The number of carbonyl (C=O) groups excluding carboxylic acids is 3. The highest BCUT2D eigenvalue weighted by Gasteiger charge is 2.40. The number of aliphatic hydroxyl groups is 1. The zero-order valence-corrected chi connectivity index (χ0v) is 23.4. The second-order valence-electron chi connectivity index (χ2n) is 11.6. The number of imide groups is 1. The third-order valence-corrected chi connectivity index (χ3v) is 7.04. The lowest BCUT2D eigenvalue weighted by Crippen LogP contribution is -2.57. The number of ether oxygens (including phenoxy) is 1. The van der Waals surface area contributed by atoms with Crippen LogP contribution in [0.5, 0.6) is 0 Å². The van der Waals surface area contributed by atoms with Crippen LogP contribution in [-0.2, 0) is 20.9 Å². The Labute approximate surface area is 222 Å². The van der Waals surface area contributed by atoms with Crippen LogP contribution in [0, 0.1) is 12.3 Å². The van der Waals surface area contributed by atoms with Gasteiger partial charge in [0, 0.05) is 13.1 Å². The molecule has 1 aliphatic heterocycles. The van der Waals surface area contributed by atoms with Crippen molar-refractivity contribution < 1.29 is 24.2 Å². The van der Waals surface area contributed by atoms with Crippen LogP contribution in [0.3, 0.4) is 0 Å². The molecule has 2 aromatic rings. The zero-order valence-electron chi connectivity index (χ0n) is 22.6. The minimum atomic E-state index is -0.992. The van der Waals surface area contributed by atoms with Gasteiger partial charge in [0.25, 0.3) is 0 Å². The van der Waals surface area contributed by atoms with E-state index in [0.717, 1.165) is 21.7 Å². The molecule has 3 rings (SSSR count). The largest absolute Gasteiger partial charge is 0.444 e. The quantitative estimate of drug-likeness (QED) is 0.521. The van der Waals surface area contributed by atoms with Crippen molar-refractivity contribution >= 4 is 29.2 Å². The molecule has 3 atom stereocenters. The van der Waals surface area contributed by atoms with Crippen molar-refractivity contribution in [3.8, 4) is 10.4 Å². The summed E-state index contributed by atoms with van der Waals surface area (Å²) < 4.78 is 5.30. The number of amides is 3. The van der Waals surface area contributed by atoms with Crippen molar-refractivity contribution in [2.24, 2.45) is 5.41 Å². The van der Waals surface area contributed by atoms with E-state index in [1.807, 2.05) is 41.6 Å². The number of thiazole rings is 1. The maximum absolute atomic E-state index is 13.2. The van der Waals surface area contributed by atoms with Crippen LogP contribution in [0.2, 0.25) is 0 Å². The number of aryl methyl sites for hydroxylation is 1. The Bertz CT molecular complexity index is 1120. The standard InChI is InChI=1S/C27H38N4O5S/c1-16-21(37-15-28-16)18-10-8-17(9-11-18)13-31-14-19(32)12-20(31)23(33)30-24(34)22(26(2,3)4)29-25(35)36-27(5,6)7/h8-11,15,19-20,22,32H,12-14H2,1-7H3,(H,29,35)(H,30,33,34). The minimum Gasteiger partial charge on any atom is -0.444 e. The minimum absolute atomic E-state index is 0.219. The molecular weight excluding hydrogens is 492 g/mol. The molecule has 0 aliphatic carbocycles. The molecule has 1 fully saturated rings. The summed E-state index contributed by atoms with van der Waals surface area (Å²) in [6.45, 7) is 13.3. The molecule has 0 spiro atoms. The molecule has 9 nitrogen and oxygen atoms in total. The second-order valence-corrected chi connectivity index (χ2v) is 12.5. The van der Waals surface area contributed by atoms with E-state index >= 15 is 0 Å². The predicted molar refractivity (Wildman–Crippen MR) is 143 cm³/mol. The second kappa shape index (κ2) is 11.3. The summed E-state index contributed by atoms with van der Waals surface area (Å²) in [6.07, 6.45) is -1.19. The monoisotopic (exact) mass is 530 g/mol. The van der Waals surface area contributed by atoms with Gasteiger partial charge in [-0.3, -0.25) is 19.8 Å². The Morgan fingerprint density at radius 2 is 1.81 bits per heavy atom. The van der Waals surface area contributed by atoms with Crippen molar-refractivity contribution in [3.05, 3.63) is 41.0 Å². The van der Waals surface area contributed by atoms with Crippen molar-refractivity contribution in [3.63, 3.8) is 0 Å². The average molecular weight is 531 g/mol. The fraction of sp³-hybridized carbons (Fsp3) is 0.556. The van der Waals surface area contributed by atoms with Crippen LogP contribution in [0.25, 0.3) is 10.4 Å². The highest BCUT2D eigenvalue weighted by atomic mass is 32.1. The fourth-order valence-corrected chi connectivity index (χ4v) is 5.09. The van der Waals surface area contributed by atoms with Gasteiger partial charge >= 0.3 is 6.09 Å². The number of nitrogens with one attached hydrogen (secondary N) is 2. The van der Waals surface area contributed by atoms with Crippen LogP contribution >= 0.6 is 11.3 Å². The third kappa shape index (κ3) is 7.83. The van der Waals surface area contributed by atoms with Gasteiger partial charge in [0.2, 0.25) is 11.8 Å². The third-order valence-electron chi connectivity index (χ3n) is 6.07. The lowest BCUT2D eigenvalue weighted by molar-refractivity contribution is -0.135. The SMILES string of the molecule is Cc1ncsc1-c1ccc(CN2CC(O)CC2C(=O)NC(=O)C(NC(=O)OC(C)(C)C)C(C)(C)C)cc1. The van der Waals surface area contributed by atoms with Gasteiger partial charge in [-0.25, -0.2) is 9.78 Å². The molecule has 0 bridgehead atoms.